The third kappa shape index (κ3) is 2.37. The Kier molecular flexibility index (Phi) is 3.18. The fourth-order valence-electron chi connectivity index (χ4n) is 1.65. The quantitative estimate of drug-likeness (QED) is 0.529. The molecule has 1 aromatic rings. The maximum atomic E-state index is 13.1. The van der Waals surface area contributed by atoms with Gasteiger partial charge in [-0.15, -0.1) is 23.2 Å². The van der Waals surface area contributed by atoms with Crippen LogP contribution in [-0.4, -0.2) is 15.2 Å². The molecule has 1 atom stereocenters. The molecular formula is C11H9Cl2FN2O3. The van der Waals surface area contributed by atoms with E-state index in [0.29, 0.717) is 0 Å². The molecule has 0 spiro atoms. The highest BCUT2D eigenvalue weighted by Crippen LogP contribution is 2.64. The number of alkyl halides is 2. The summed E-state index contributed by atoms with van der Waals surface area (Å²) >= 11 is 11.7. The van der Waals surface area contributed by atoms with Gasteiger partial charge in [0.1, 0.15) is 4.33 Å². The van der Waals surface area contributed by atoms with Gasteiger partial charge in [0.25, 0.3) is 0 Å². The third-order valence-corrected chi connectivity index (χ3v) is 4.26. The summed E-state index contributed by atoms with van der Waals surface area (Å²) < 4.78 is 12.0. The van der Waals surface area contributed by atoms with Crippen LogP contribution in [0.1, 0.15) is 13.3 Å². The van der Waals surface area contributed by atoms with Crippen molar-refractivity contribution >= 4 is 40.5 Å². The second-order valence-corrected chi connectivity index (χ2v) is 6.07. The lowest BCUT2D eigenvalue weighted by molar-refractivity contribution is -0.387. The highest BCUT2D eigenvalue weighted by atomic mass is 35.5. The van der Waals surface area contributed by atoms with Crippen LogP contribution in [0, 0.1) is 21.3 Å². The predicted molar refractivity (Wildman–Crippen MR) is 68.8 cm³/mol. The lowest BCUT2D eigenvalue weighted by Crippen LogP contribution is -2.25. The molecule has 102 valence electrons. The minimum absolute atomic E-state index is 0.121. The molecule has 1 aliphatic rings. The van der Waals surface area contributed by atoms with Crippen LogP contribution in [0.4, 0.5) is 15.8 Å². The van der Waals surface area contributed by atoms with Gasteiger partial charge in [-0.2, -0.15) is 4.39 Å². The van der Waals surface area contributed by atoms with Crippen LogP contribution in [0.5, 0.6) is 0 Å². The normalized spacial score (nSPS) is 23.8. The molecule has 1 unspecified atom stereocenters. The van der Waals surface area contributed by atoms with Crippen molar-refractivity contribution in [3.63, 3.8) is 0 Å². The predicted octanol–water partition coefficient (Wildman–Crippen LogP) is 3.26. The van der Waals surface area contributed by atoms with Crippen molar-refractivity contribution in [1.82, 2.24) is 0 Å². The summed E-state index contributed by atoms with van der Waals surface area (Å²) in [6.45, 7) is 1.58. The van der Waals surface area contributed by atoms with Crippen molar-refractivity contribution in [3.05, 3.63) is 34.1 Å². The molecule has 1 saturated carbocycles. The second kappa shape index (κ2) is 4.31. The Morgan fingerprint density at radius 3 is 2.58 bits per heavy atom. The summed E-state index contributed by atoms with van der Waals surface area (Å²) in [6, 6.07) is 3.09. The number of nitrogens with zero attached hydrogens (tertiary/aromatic N) is 1. The van der Waals surface area contributed by atoms with Crippen molar-refractivity contribution in [2.24, 2.45) is 5.41 Å². The van der Waals surface area contributed by atoms with Gasteiger partial charge in [-0.1, -0.05) is 0 Å². The lowest BCUT2D eigenvalue weighted by atomic mass is 10.1. The first-order valence-corrected chi connectivity index (χ1v) is 6.06. The zero-order chi connectivity index (χ0) is 14.4. The molecule has 1 N–H and O–H groups in total. The fraction of sp³-hybridized carbons (Fsp3) is 0.364. The minimum atomic E-state index is -1.14. The van der Waals surface area contributed by atoms with Gasteiger partial charge >= 0.3 is 5.69 Å². The Labute approximate surface area is 117 Å². The second-order valence-electron chi connectivity index (χ2n) is 4.59. The van der Waals surface area contributed by atoms with Gasteiger partial charge in [0, 0.05) is 11.8 Å². The van der Waals surface area contributed by atoms with E-state index in [9.17, 15) is 19.3 Å². The molecule has 1 amide bonds. The number of hydrogen-bond acceptors (Lipinski definition) is 3. The van der Waals surface area contributed by atoms with Crippen molar-refractivity contribution < 1.29 is 14.1 Å². The number of anilines is 1. The first-order chi connectivity index (χ1) is 8.67. The molecule has 1 fully saturated rings. The average Bonchev–Trinajstić information content (AvgIpc) is 2.82. The minimum Gasteiger partial charge on any atom is -0.325 e. The molecule has 2 rings (SSSR count). The van der Waals surface area contributed by atoms with Gasteiger partial charge in [-0.25, -0.2) is 0 Å². The largest absolute Gasteiger partial charge is 0.325 e. The number of nitro groups is 1. The van der Waals surface area contributed by atoms with Crippen LogP contribution >= 0.6 is 23.2 Å². The summed E-state index contributed by atoms with van der Waals surface area (Å²) in [6.07, 6.45) is 0.290. The Bertz CT molecular complexity index is 579. The van der Waals surface area contributed by atoms with E-state index in [1.54, 1.807) is 6.92 Å². The van der Waals surface area contributed by atoms with E-state index in [4.69, 9.17) is 23.2 Å². The fourth-order valence-corrected chi connectivity index (χ4v) is 2.35. The Morgan fingerprint density at radius 2 is 2.11 bits per heavy atom. The van der Waals surface area contributed by atoms with Gasteiger partial charge in [-0.3, -0.25) is 14.9 Å². The highest BCUT2D eigenvalue weighted by molar-refractivity contribution is 6.53. The first-order valence-electron chi connectivity index (χ1n) is 5.30. The zero-order valence-corrected chi connectivity index (χ0v) is 11.3. The number of halogens is 3. The molecule has 1 aliphatic carbocycles. The summed E-state index contributed by atoms with van der Waals surface area (Å²) in [5, 5.41) is 13.0. The van der Waals surface area contributed by atoms with Crippen molar-refractivity contribution in [3.8, 4) is 0 Å². The molecule has 19 heavy (non-hydrogen) atoms. The molecule has 0 radical (unpaired) electrons. The Morgan fingerprint density at radius 1 is 1.53 bits per heavy atom. The Hall–Kier alpha value is -1.40. The summed E-state index contributed by atoms with van der Waals surface area (Å²) in [5.74, 6) is -1.43. The molecule has 0 bridgehead atoms. The molecule has 0 aliphatic heterocycles. The number of rotatable bonds is 3. The van der Waals surface area contributed by atoms with E-state index in [-0.39, 0.29) is 12.1 Å². The standard InChI is InChI=1S/C11H9Cl2FN2O3/c1-10(5-11(10,12)13)9(17)15-6-2-3-7(14)8(4-6)16(18)19/h2-4H,5H2,1H3,(H,15,17). The van der Waals surface area contributed by atoms with E-state index in [1.807, 2.05) is 0 Å². The lowest BCUT2D eigenvalue weighted by Gasteiger charge is -2.12. The maximum absolute atomic E-state index is 13.1. The number of amides is 1. The van der Waals surface area contributed by atoms with Crippen LogP contribution in [-0.2, 0) is 4.79 Å². The van der Waals surface area contributed by atoms with E-state index < -0.39 is 32.1 Å². The highest BCUT2D eigenvalue weighted by Gasteiger charge is 2.67. The molecule has 0 aromatic heterocycles. The monoisotopic (exact) mass is 306 g/mol. The molecule has 8 heteroatoms. The van der Waals surface area contributed by atoms with E-state index >= 15 is 0 Å². The van der Waals surface area contributed by atoms with Gasteiger partial charge in [0.15, 0.2) is 0 Å². The van der Waals surface area contributed by atoms with Crippen molar-refractivity contribution in [2.75, 3.05) is 5.32 Å². The van der Waals surface area contributed by atoms with E-state index in [2.05, 4.69) is 5.32 Å². The number of hydrogen-bond donors (Lipinski definition) is 1. The van der Waals surface area contributed by atoms with Crippen LogP contribution in [0.25, 0.3) is 0 Å². The van der Waals surface area contributed by atoms with Gasteiger partial charge in [-0.05, 0) is 25.5 Å². The number of carbonyl (C=O) groups is 1. The molecule has 1 aromatic carbocycles. The topological polar surface area (TPSA) is 72.2 Å². The van der Waals surface area contributed by atoms with Crippen molar-refractivity contribution in [2.45, 2.75) is 17.7 Å². The maximum Gasteiger partial charge on any atom is 0.306 e. The van der Waals surface area contributed by atoms with Crippen molar-refractivity contribution in [1.29, 1.82) is 0 Å². The summed E-state index contributed by atoms with van der Waals surface area (Å²) in [5.41, 5.74) is -1.53. The number of benzene rings is 1. The molecule has 5 nitrogen and oxygen atoms in total. The van der Waals surface area contributed by atoms with Crippen LogP contribution in [0.2, 0.25) is 0 Å². The van der Waals surface area contributed by atoms with Crippen LogP contribution < -0.4 is 5.32 Å². The summed E-state index contributed by atoms with van der Waals surface area (Å²) in [7, 11) is 0. The summed E-state index contributed by atoms with van der Waals surface area (Å²) in [4.78, 5) is 21.7. The van der Waals surface area contributed by atoms with Crippen LogP contribution in [0.15, 0.2) is 18.2 Å². The van der Waals surface area contributed by atoms with Gasteiger partial charge < -0.3 is 5.32 Å². The van der Waals surface area contributed by atoms with Crippen LogP contribution in [0.3, 0.4) is 0 Å². The zero-order valence-electron chi connectivity index (χ0n) is 9.75. The SMILES string of the molecule is CC1(C(=O)Nc2ccc(F)c([N+](=O)[O-])c2)CC1(Cl)Cl. The Balaban J connectivity index is 2.19. The molecular weight excluding hydrogens is 298 g/mol. The average molecular weight is 307 g/mol. The smallest absolute Gasteiger partial charge is 0.306 e. The van der Waals surface area contributed by atoms with Gasteiger partial charge in [0.05, 0.1) is 10.3 Å². The van der Waals surface area contributed by atoms with E-state index in [1.165, 1.54) is 6.07 Å². The number of nitro benzene ring substituents is 1. The number of carbonyl (C=O) groups excluding carboxylic acids is 1. The third-order valence-electron chi connectivity index (χ3n) is 3.16. The first kappa shape index (κ1) is 14.0. The molecule has 0 saturated heterocycles. The molecule has 0 heterocycles. The van der Waals surface area contributed by atoms with E-state index in [0.717, 1.165) is 12.1 Å². The number of nitrogens with one attached hydrogen (secondary N) is 1. The van der Waals surface area contributed by atoms with Gasteiger partial charge in [0.2, 0.25) is 11.7 Å².